The first-order valence-electron chi connectivity index (χ1n) is 8.68. The second-order valence-corrected chi connectivity index (χ2v) is 9.78. The Kier molecular flexibility index (Phi) is 5.15. The standard InChI is InChI=1S/C19H24F2NO2PS/c1-18(2)6-5-14-13(8-18)15(17(23)24)16(26-14)12-4-3-11(19(20,21)25)7-10(12)9-22/h3-4,7,10,12H,5-6,8-9,22,25H2,1-2H3,(H,23,24). The van der Waals surface area contributed by atoms with E-state index in [-0.39, 0.29) is 29.4 Å². The highest BCUT2D eigenvalue weighted by Gasteiger charge is 2.37. The van der Waals surface area contributed by atoms with Gasteiger partial charge in [-0.3, -0.25) is 0 Å². The van der Waals surface area contributed by atoms with E-state index in [0.29, 0.717) is 5.56 Å². The predicted octanol–water partition coefficient (Wildman–Crippen LogP) is 4.58. The van der Waals surface area contributed by atoms with Crippen molar-refractivity contribution in [2.24, 2.45) is 17.1 Å². The number of carbonyl (C=O) groups is 1. The maximum Gasteiger partial charge on any atom is 0.337 e. The Hall–Kier alpha value is -1.10. The third-order valence-electron chi connectivity index (χ3n) is 5.31. The number of nitrogens with two attached hydrogens (primary N) is 1. The molecule has 7 heteroatoms. The van der Waals surface area contributed by atoms with Crippen molar-refractivity contribution in [3.8, 4) is 0 Å². The lowest BCUT2D eigenvalue weighted by atomic mass is 9.75. The normalized spacial score (nSPS) is 24.9. The van der Waals surface area contributed by atoms with Crippen LogP contribution in [0, 0.1) is 11.3 Å². The average molecular weight is 399 g/mol. The lowest BCUT2D eigenvalue weighted by Gasteiger charge is -2.29. The summed E-state index contributed by atoms with van der Waals surface area (Å²) < 4.78 is 27.3. The van der Waals surface area contributed by atoms with Crippen LogP contribution >= 0.6 is 20.6 Å². The first kappa shape index (κ1) is 19.7. The molecule has 2 aliphatic rings. The number of allylic oxidation sites excluding steroid dienone is 3. The number of aromatic carboxylic acids is 1. The largest absolute Gasteiger partial charge is 0.478 e. The summed E-state index contributed by atoms with van der Waals surface area (Å²) >= 11 is 1.52. The van der Waals surface area contributed by atoms with Gasteiger partial charge in [0, 0.05) is 27.2 Å². The van der Waals surface area contributed by atoms with E-state index in [4.69, 9.17) is 5.73 Å². The van der Waals surface area contributed by atoms with Crippen LogP contribution in [0.1, 0.15) is 51.9 Å². The number of carboxylic acids is 1. The van der Waals surface area contributed by atoms with Crippen molar-refractivity contribution in [2.45, 2.75) is 44.7 Å². The van der Waals surface area contributed by atoms with Gasteiger partial charge in [-0.2, -0.15) is 8.78 Å². The Morgan fingerprint density at radius 3 is 2.77 bits per heavy atom. The summed E-state index contributed by atoms with van der Waals surface area (Å²) in [4.78, 5) is 13.9. The van der Waals surface area contributed by atoms with E-state index >= 15 is 0 Å². The highest BCUT2D eigenvalue weighted by Crippen LogP contribution is 2.47. The Balaban J connectivity index is 2.05. The molecule has 1 aromatic heterocycles. The van der Waals surface area contributed by atoms with Gasteiger partial charge in [-0.05, 0) is 36.8 Å². The first-order valence-corrected chi connectivity index (χ1v) is 10.1. The highest BCUT2D eigenvalue weighted by atomic mass is 32.1. The van der Waals surface area contributed by atoms with E-state index < -0.39 is 11.6 Å². The van der Waals surface area contributed by atoms with Crippen molar-refractivity contribution in [1.82, 2.24) is 0 Å². The molecule has 1 heterocycles. The number of thiophene rings is 1. The Labute approximate surface area is 158 Å². The molecule has 0 saturated heterocycles. The maximum absolute atomic E-state index is 13.6. The number of alkyl halides is 2. The zero-order valence-electron chi connectivity index (χ0n) is 14.9. The molecule has 0 fully saturated rings. The monoisotopic (exact) mass is 399 g/mol. The number of fused-ring (bicyclic) bond motifs is 1. The van der Waals surface area contributed by atoms with Gasteiger partial charge < -0.3 is 10.8 Å². The number of hydrogen-bond donors (Lipinski definition) is 2. The Morgan fingerprint density at radius 2 is 2.19 bits per heavy atom. The second-order valence-electron chi connectivity index (χ2n) is 7.92. The van der Waals surface area contributed by atoms with Crippen LogP contribution in [0.15, 0.2) is 23.8 Å². The van der Waals surface area contributed by atoms with Crippen LogP contribution in [0.3, 0.4) is 0 Å². The zero-order valence-corrected chi connectivity index (χ0v) is 16.9. The van der Waals surface area contributed by atoms with E-state index in [9.17, 15) is 18.7 Å². The third kappa shape index (κ3) is 3.64. The maximum atomic E-state index is 13.6. The first-order chi connectivity index (χ1) is 12.0. The SMILES string of the molecule is CC1(C)CCc2sc(C3C=CC(C(F)(F)P)=CC3CN)c(C(=O)O)c2C1. The van der Waals surface area contributed by atoms with Crippen LogP contribution in [-0.2, 0) is 12.8 Å². The summed E-state index contributed by atoms with van der Waals surface area (Å²) in [6.07, 6.45) is 7.20. The molecule has 3 nitrogen and oxygen atoms in total. The average Bonchev–Trinajstić information content (AvgIpc) is 2.90. The van der Waals surface area contributed by atoms with Gasteiger partial charge in [0.2, 0.25) is 0 Å². The van der Waals surface area contributed by atoms with Crippen LogP contribution in [-0.4, -0.2) is 23.3 Å². The molecule has 0 aromatic carbocycles. The summed E-state index contributed by atoms with van der Waals surface area (Å²) in [5.41, 5.74) is 4.11. The van der Waals surface area contributed by atoms with Crippen LogP contribution in [0.4, 0.5) is 8.78 Å². The van der Waals surface area contributed by atoms with E-state index in [1.807, 2.05) is 0 Å². The van der Waals surface area contributed by atoms with Crippen LogP contribution in [0.2, 0.25) is 0 Å². The molecule has 0 radical (unpaired) electrons. The van der Waals surface area contributed by atoms with Crippen molar-refractivity contribution in [3.05, 3.63) is 44.7 Å². The van der Waals surface area contributed by atoms with E-state index in [2.05, 4.69) is 13.8 Å². The molecule has 3 N–H and O–H groups in total. The highest BCUT2D eigenvalue weighted by molar-refractivity contribution is 7.18. The minimum atomic E-state index is -3.01. The molecule has 1 aromatic rings. The number of rotatable bonds is 4. The van der Waals surface area contributed by atoms with Gasteiger partial charge in [-0.25, -0.2) is 4.79 Å². The lowest BCUT2D eigenvalue weighted by molar-refractivity contribution is 0.0693. The second kappa shape index (κ2) is 6.81. The molecule has 3 unspecified atom stereocenters. The van der Waals surface area contributed by atoms with E-state index in [1.165, 1.54) is 23.5 Å². The van der Waals surface area contributed by atoms with Crippen LogP contribution in [0.25, 0.3) is 0 Å². The molecule has 0 spiro atoms. The summed E-state index contributed by atoms with van der Waals surface area (Å²) in [5, 5.41) is 9.86. The molecular formula is C19H24F2NO2PS. The van der Waals surface area contributed by atoms with Crippen molar-refractivity contribution in [3.63, 3.8) is 0 Å². The minimum Gasteiger partial charge on any atom is -0.478 e. The van der Waals surface area contributed by atoms with Gasteiger partial charge in [0.15, 0.2) is 0 Å². The molecule has 0 bridgehead atoms. The number of hydrogen-bond acceptors (Lipinski definition) is 3. The molecule has 26 heavy (non-hydrogen) atoms. The predicted molar refractivity (Wildman–Crippen MR) is 104 cm³/mol. The van der Waals surface area contributed by atoms with Crippen LogP contribution < -0.4 is 5.73 Å². The topological polar surface area (TPSA) is 63.3 Å². The summed E-state index contributed by atoms with van der Waals surface area (Å²) in [7, 11) is 1.54. The quantitative estimate of drug-likeness (QED) is 0.729. The molecule has 0 amide bonds. The summed E-state index contributed by atoms with van der Waals surface area (Å²) in [5.74, 6) is -1.56. The molecule has 3 atom stereocenters. The van der Waals surface area contributed by atoms with E-state index in [0.717, 1.165) is 34.6 Å². The van der Waals surface area contributed by atoms with Gasteiger partial charge >= 0.3 is 5.97 Å². The van der Waals surface area contributed by atoms with Crippen molar-refractivity contribution in [2.75, 3.05) is 6.54 Å². The fourth-order valence-corrected chi connectivity index (χ4v) is 5.53. The molecule has 0 saturated carbocycles. The Bertz CT molecular complexity index is 792. The molecule has 2 aliphatic carbocycles. The minimum absolute atomic E-state index is 0.0692. The number of carboxylic acid groups (broad SMARTS) is 1. The Morgan fingerprint density at radius 1 is 1.50 bits per heavy atom. The number of halogens is 2. The smallest absolute Gasteiger partial charge is 0.337 e. The van der Waals surface area contributed by atoms with Gasteiger partial charge in [0.1, 0.15) is 0 Å². The number of aryl methyl sites for hydroxylation is 1. The summed E-state index contributed by atoms with van der Waals surface area (Å²) in [6, 6.07) is 0. The van der Waals surface area contributed by atoms with Crippen molar-refractivity contribution < 1.29 is 18.7 Å². The van der Waals surface area contributed by atoms with Gasteiger partial charge in [0.25, 0.3) is 5.66 Å². The van der Waals surface area contributed by atoms with Gasteiger partial charge in [0.05, 0.1) is 5.56 Å². The van der Waals surface area contributed by atoms with Crippen molar-refractivity contribution >= 4 is 26.5 Å². The molecular weight excluding hydrogens is 375 g/mol. The lowest BCUT2D eigenvalue weighted by Crippen LogP contribution is -2.25. The molecule has 142 valence electrons. The van der Waals surface area contributed by atoms with Crippen LogP contribution in [0.5, 0.6) is 0 Å². The molecule has 3 rings (SSSR count). The molecule has 0 aliphatic heterocycles. The fraction of sp³-hybridized carbons (Fsp3) is 0.526. The van der Waals surface area contributed by atoms with E-state index in [1.54, 1.807) is 15.3 Å². The van der Waals surface area contributed by atoms with Gasteiger partial charge in [-0.1, -0.05) is 41.3 Å². The zero-order chi connectivity index (χ0) is 19.3. The summed E-state index contributed by atoms with van der Waals surface area (Å²) in [6.45, 7) is 4.49. The van der Waals surface area contributed by atoms with Gasteiger partial charge in [-0.15, -0.1) is 11.3 Å². The fourth-order valence-electron chi connectivity index (χ4n) is 3.87. The third-order valence-corrected chi connectivity index (χ3v) is 7.04. The van der Waals surface area contributed by atoms with Crippen molar-refractivity contribution in [1.29, 1.82) is 0 Å².